The van der Waals surface area contributed by atoms with Crippen LogP contribution < -0.4 is 0 Å². The third-order valence-electron chi connectivity index (χ3n) is 4.38. The van der Waals surface area contributed by atoms with E-state index in [9.17, 15) is 9.59 Å². The van der Waals surface area contributed by atoms with Gasteiger partial charge in [0.25, 0.3) is 5.91 Å². The molecular formula is C16H22N4O3. The molecule has 2 saturated heterocycles. The lowest BCUT2D eigenvalue weighted by molar-refractivity contribution is -0.141. The van der Waals surface area contributed by atoms with Crippen LogP contribution in [-0.4, -0.2) is 71.0 Å². The zero-order chi connectivity index (χ0) is 16.2. The average Bonchev–Trinajstić information content (AvgIpc) is 2.61. The quantitative estimate of drug-likeness (QED) is 0.793. The van der Waals surface area contributed by atoms with Crippen LogP contribution in [0.4, 0.5) is 0 Å². The fourth-order valence-corrected chi connectivity index (χ4v) is 3.14. The highest BCUT2D eigenvalue weighted by Crippen LogP contribution is 2.21. The summed E-state index contributed by atoms with van der Waals surface area (Å²) in [6.07, 6.45) is 3.27. The van der Waals surface area contributed by atoms with Gasteiger partial charge in [-0.3, -0.25) is 9.59 Å². The smallest absolute Gasteiger partial charge is 0.272 e. The number of nitrogens with zero attached hydrogens (tertiary/aromatic N) is 4. The first kappa shape index (κ1) is 15.9. The zero-order valence-electron chi connectivity index (χ0n) is 13.4. The third-order valence-corrected chi connectivity index (χ3v) is 4.38. The van der Waals surface area contributed by atoms with Gasteiger partial charge >= 0.3 is 0 Å². The number of hydrogen-bond donors (Lipinski definition) is 0. The maximum absolute atomic E-state index is 12.6. The molecule has 7 heteroatoms. The van der Waals surface area contributed by atoms with Crippen molar-refractivity contribution in [3.05, 3.63) is 23.8 Å². The number of hydrogen-bond acceptors (Lipinski definition) is 5. The van der Waals surface area contributed by atoms with E-state index in [0.717, 1.165) is 12.8 Å². The summed E-state index contributed by atoms with van der Waals surface area (Å²) in [5, 5.41) is 0. The van der Waals surface area contributed by atoms with Crippen molar-refractivity contribution in [1.82, 2.24) is 19.8 Å². The molecule has 23 heavy (non-hydrogen) atoms. The Morgan fingerprint density at radius 1 is 1.22 bits per heavy atom. The average molecular weight is 318 g/mol. The number of carbonyl (C=O) groups excluding carboxylic acids is 2. The minimum Gasteiger partial charge on any atom is -0.378 e. The molecule has 0 unspecified atom stereocenters. The molecule has 3 heterocycles. The van der Waals surface area contributed by atoms with Gasteiger partial charge in [0.15, 0.2) is 0 Å². The predicted molar refractivity (Wildman–Crippen MR) is 82.8 cm³/mol. The van der Waals surface area contributed by atoms with Gasteiger partial charge in [-0.2, -0.15) is 0 Å². The summed E-state index contributed by atoms with van der Waals surface area (Å²) in [5.41, 5.74) is 0.400. The van der Waals surface area contributed by atoms with Gasteiger partial charge in [-0.25, -0.2) is 9.97 Å². The zero-order valence-corrected chi connectivity index (χ0v) is 13.4. The van der Waals surface area contributed by atoms with Crippen molar-refractivity contribution >= 4 is 11.8 Å². The second kappa shape index (κ2) is 7.04. The molecular weight excluding hydrogens is 296 g/mol. The van der Waals surface area contributed by atoms with Crippen LogP contribution in [-0.2, 0) is 9.53 Å². The van der Waals surface area contributed by atoms with Crippen molar-refractivity contribution < 1.29 is 14.3 Å². The highest BCUT2D eigenvalue weighted by molar-refractivity contribution is 5.92. The molecule has 1 atom stereocenters. The summed E-state index contributed by atoms with van der Waals surface area (Å²) in [7, 11) is 0. The fourth-order valence-electron chi connectivity index (χ4n) is 3.14. The van der Waals surface area contributed by atoms with Crippen LogP contribution in [0.2, 0.25) is 0 Å². The number of ether oxygens (including phenoxy) is 1. The van der Waals surface area contributed by atoms with Crippen LogP contribution in [0.25, 0.3) is 0 Å². The SMILES string of the molecule is Cc1nccc(C(=O)N2CCC[C@@H](C(=O)N3CCOCC3)C2)n1. The number of rotatable bonds is 2. The molecule has 0 saturated carbocycles. The van der Waals surface area contributed by atoms with Gasteiger partial charge in [0.05, 0.1) is 19.1 Å². The Morgan fingerprint density at radius 2 is 2.00 bits per heavy atom. The number of piperidine rings is 1. The van der Waals surface area contributed by atoms with Crippen LogP contribution in [0.5, 0.6) is 0 Å². The Morgan fingerprint density at radius 3 is 2.74 bits per heavy atom. The van der Waals surface area contributed by atoms with Crippen molar-refractivity contribution in [2.45, 2.75) is 19.8 Å². The van der Waals surface area contributed by atoms with Crippen LogP contribution in [0, 0.1) is 12.8 Å². The molecule has 0 N–H and O–H groups in total. The van der Waals surface area contributed by atoms with Crippen LogP contribution in [0.1, 0.15) is 29.2 Å². The Bertz CT molecular complexity index is 586. The van der Waals surface area contributed by atoms with E-state index in [0.29, 0.717) is 50.9 Å². The van der Waals surface area contributed by atoms with Gasteiger partial charge in [-0.1, -0.05) is 0 Å². The van der Waals surface area contributed by atoms with Crippen molar-refractivity contribution in [3.8, 4) is 0 Å². The topological polar surface area (TPSA) is 75.6 Å². The molecule has 3 rings (SSSR count). The van der Waals surface area contributed by atoms with Gasteiger partial charge in [0.2, 0.25) is 5.91 Å². The third kappa shape index (κ3) is 3.67. The summed E-state index contributed by atoms with van der Waals surface area (Å²) in [4.78, 5) is 37.0. The summed E-state index contributed by atoms with van der Waals surface area (Å²) in [5.74, 6) is 0.488. The second-order valence-electron chi connectivity index (χ2n) is 6.02. The molecule has 1 aromatic rings. The Kier molecular flexibility index (Phi) is 4.85. The van der Waals surface area contributed by atoms with Crippen molar-refractivity contribution in [2.24, 2.45) is 5.92 Å². The lowest BCUT2D eigenvalue weighted by Gasteiger charge is -2.36. The summed E-state index contributed by atoms with van der Waals surface area (Å²) in [6, 6.07) is 1.63. The van der Waals surface area contributed by atoms with Crippen LogP contribution >= 0.6 is 0 Å². The number of carbonyl (C=O) groups is 2. The monoisotopic (exact) mass is 318 g/mol. The number of amides is 2. The lowest BCUT2D eigenvalue weighted by Crippen LogP contribution is -2.49. The molecule has 2 fully saturated rings. The van der Waals surface area contributed by atoms with Crippen molar-refractivity contribution in [1.29, 1.82) is 0 Å². The standard InChI is InChI=1S/C16H22N4O3/c1-12-17-5-4-14(18-12)16(22)20-6-2-3-13(11-20)15(21)19-7-9-23-10-8-19/h4-5,13H,2-3,6-11H2,1H3/t13-/m1/s1. The predicted octanol–water partition coefficient (Wildman–Crippen LogP) is 0.496. The Balaban J connectivity index is 1.65. The van der Waals surface area contributed by atoms with E-state index in [1.807, 2.05) is 4.90 Å². The second-order valence-corrected chi connectivity index (χ2v) is 6.02. The van der Waals surface area contributed by atoms with Gasteiger partial charge < -0.3 is 14.5 Å². The minimum absolute atomic E-state index is 0.116. The first-order chi connectivity index (χ1) is 11.1. The minimum atomic E-state index is -0.117. The summed E-state index contributed by atoms with van der Waals surface area (Å²) in [6.45, 7) is 5.40. The van der Waals surface area contributed by atoms with E-state index < -0.39 is 0 Å². The largest absolute Gasteiger partial charge is 0.378 e. The number of likely N-dealkylation sites (tertiary alicyclic amines) is 1. The molecule has 2 aliphatic rings. The molecule has 7 nitrogen and oxygen atoms in total. The molecule has 1 aromatic heterocycles. The Labute approximate surface area is 135 Å². The van der Waals surface area contributed by atoms with E-state index in [2.05, 4.69) is 9.97 Å². The van der Waals surface area contributed by atoms with Gasteiger partial charge in [-0.05, 0) is 25.8 Å². The number of aromatic nitrogens is 2. The fraction of sp³-hybridized carbons (Fsp3) is 0.625. The van der Waals surface area contributed by atoms with E-state index in [4.69, 9.17) is 4.74 Å². The molecule has 2 amide bonds. The van der Waals surface area contributed by atoms with E-state index in [1.54, 1.807) is 24.1 Å². The normalized spacial score (nSPS) is 22.0. The van der Waals surface area contributed by atoms with Crippen LogP contribution in [0.15, 0.2) is 12.3 Å². The molecule has 0 radical (unpaired) electrons. The summed E-state index contributed by atoms with van der Waals surface area (Å²) >= 11 is 0. The highest BCUT2D eigenvalue weighted by atomic mass is 16.5. The van der Waals surface area contributed by atoms with Gasteiger partial charge in [0, 0.05) is 32.4 Å². The van der Waals surface area contributed by atoms with E-state index >= 15 is 0 Å². The maximum atomic E-state index is 12.6. The van der Waals surface area contributed by atoms with Crippen molar-refractivity contribution in [2.75, 3.05) is 39.4 Å². The molecule has 0 spiro atoms. The number of morpholine rings is 1. The van der Waals surface area contributed by atoms with Gasteiger partial charge in [0.1, 0.15) is 11.5 Å². The molecule has 0 bridgehead atoms. The van der Waals surface area contributed by atoms with Gasteiger partial charge in [-0.15, -0.1) is 0 Å². The molecule has 2 aliphatic heterocycles. The van der Waals surface area contributed by atoms with E-state index in [-0.39, 0.29) is 17.7 Å². The molecule has 0 aromatic carbocycles. The summed E-state index contributed by atoms with van der Waals surface area (Å²) < 4.78 is 5.29. The highest BCUT2D eigenvalue weighted by Gasteiger charge is 2.32. The molecule has 0 aliphatic carbocycles. The van der Waals surface area contributed by atoms with E-state index in [1.165, 1.54) is 0 Å². The maximum Gasteiger partial charge on any atom is 0.272 e. The first-order valence-corrected chi connectivity index (χ1v) is 8.10. The first-order valence-electron chi connectivity index (χ1n) is 8.10. The number of aryl methyl sites for hydroxylation is 1. The van der Waals surface area contributed by atoms with Crippen LogP contribution in [0.3, 0.4) is 0 Å². The van der Waals surface area contributed by atoms with Crippen molar-refractivity contribution in [3.63, 3.8) is 0 Å². The Hall–Kier alpha value is -2.02. The molecule has 124 valence electrons. The lowest BCUT2D eigenvalue weighted by atomic mass is 9.96.